The molecule has 0 amide bonds. The Kier molecular flexibility index (Phi) is 5.48. The van der Waals surface area contributed by atoms with Gasteiger partial charge in [0.1, 0.15) is 0 Å². The summed E-state index contributed by atoms with van der Waals surface area (Å²) in [6, 6.07) is 6.91. The van der Waals surface area contributed by atoms with Crippen molar-refractivity contribution in [3.63, 3.8) is 0 Å². The maximum Gasteiger partial charge on any atom is 0.161 e. The molecule has 0 saturated heterocycles. The maximum atomic E-state index is 5.79. The Balaban J connectivity index is 1.95. The molecule has 0 atom stereocenters. The molecule has 1 aromatic carbocycles. The van der Waals surface area contributed by atoms with E-state index in [1.165, 1.54) is 18.4 Å². The molecule has 1 N–H and O–H groups in total. The Morgan fingerprint density at radius 2 is 2.10 bits per heavy atom. The number of benzene rings is 1. The Bertz CT molecular complexity index is 452. The van der Waals surface area contributed by atoms with Gasteiger partial charge in [-0.25, -0.2) is 0 Å². The lowest BCUT2D eigenvalue weighted by molar-refractivity contribution is 0.279. The highest BCUT2D eigenvalue weighted by atomic mass is 16.5. The standard InChI is InChI=1S/C17H25NO2/c1-4-19-17-11-14(12-18-15-6-7-15)5-8-16(17)20-10-9-13(2)3/h5,8,11,15,18H,2,4,6-7,9-10,12H2,1,3H3. The third kappa shape index (κ3) is 4.89. The molecule has 0 spiro atoms. The summed E-state index contributed by atoms with van der Waals surface area (Å²) in [5.41, 5.74) is 2.38. The molecule has 0 aliphatic heterocycles. The van der Waals surface area contributed by atoms with Gasteiger partial charge in [0.25, 0.3) is 0 Å². The molecule has 0 radical (unpaired) electrons. The summed E-state index contributed by atoms with van der Waals surface area (Å²) in [5.74, 6) is 1.66. The van der Waals surface area contributed by atoms with E-state index in [4.69, 9.17) is 9.47 Å². The molecule has 20 heavy (non-hydrogen) atoms. The first-order chi connectivity index (χ1) is 9.69. The van der Waals surface area contributed by atoms with Crippen molar-refractivity contribution in [1.29, 1.82) is 0 Å². The van der Waals surface area contributed by atoms with Crippen molar-refractivity contribution in [2.45, 2.75) is 45.7 Å². The minimum absolute atomic E-state index is 0.648. The van der Waals surface area contributed by atoms with Crippen LogP contribution >= 0.6 is 0 Å². The van der Waals surface area contributed by atoms with Crippen LogP contribution in [0.4, 0.5) is 0 Å². The molecule has 3 heteroatoms. The van der Waals surface area contributed by atoms with Crippen LogP contribution in [-0.4, -0.2) is 19.3 Å². The van der Waals surface area contributed by atoms with Crippen LogP contribution in [0.5, 0.6) is 11.5 Å². The van der Waals surface area contributed by atoms with E-state index in [0.717, 1.165) is 36.1 Å². The average molecular weight is 275 g/mol. The van der Waals surface area contributed by atoms with E-state index in [1.807, 2.05) is 19.9 Å². The summed E-state index contributed by atoms with van der Waals surface area (Å²) in [6.07, 6.45) is 3.48. The zero-order valence-corrected chi connectivity index (χ0v) is 12.6. The Morgan fingerprint density at radius 1 is 1.30 bits per heavy atom. The fourth-order valence-electron chi connectivity index (χ4n) is 1.93. The third-order valence-electron chi connectivity index (χ3n) is 3.27. The summed E-state index contributed by atoms with van der Waals surface area (Å²) in [4.78, 5) is 0. The van der Waals surface area contributed by atoms with Gasteiger partial charge in [-0.15, -0.1) is 6.58 Å². The van der Waals surface area contributed by atoms with E-state index < -0.39 is 0 Å². The van der Waals surface area contributed by atoms with Crippen molar-refractivity contribution in [3.8, 4) is 11.5 Å². The molecule has 1 aliphatic carbocycles. The van der Waals surface area contributed by atoms with Gasteiger partial charge in [-0.3, -0.25) is 0 Å². The van der Waals surface area contributed by atoms with E-state index in [2.05, 4.69) is 24.0 Å². The summed E-state index contributed by atoms with van der Waals surface area (Å²) < 4.78 is 11.5. The second-order valence-corrected chi connectivity index (χ2v) is 5.42. The van der Waals surface area contributed by atoms with Crippen molar-refractivity contribution >= 4 is 0 Å². The molecule has 1 fully saturated rings. The molecule has 1 aromatic rings. The van der Waals surface area contributed by atoms with Crippen molar-refractivity contribution in [3.05, 3.63) is 35.9 Å². The fraction of sp³-hybridized carbons (Fsp3) is 0.529. The van der Waals surface area contributed by atoms with Gasteiger partial charge < -0.3 is 14.8 Å². The third-order valence-corrected chi connectivity index (χ3v) is 3.27. The Hall–Kier alpha value is -1.48. The first kappa shape index (κ1) is 14.9. The highest BCUT2D eigenvalue weighted by molar-refractivity contribution is 5.43. The van der Waals surface area contributed by atoms with E-state index in [-0.39, 0.29) is 0 Å². The highest BCUT2D eigenvalue weighted by Gasteiger charge is 2.20. The Morgan fingerprint density at radius 3 is 2.75 bits per heavy atom. The zero-order chi connectivity index (χ0) is 14.4. The van der Waals surface area contributed by atoms with Crippen LogP contribution in [-0.2, 0) is 6.54 Å². The number of hydrogen-bond donors (Lipinski definition) is 1. The number of nitrogens with one attached hydrogen (secondary N) is 1. The first-order valence-corrected chi connectivity index (χ1v) is 7.45. The lowest BCUT2D eigenvalue weighted by atomic mass is 10.2. The molecule has 1 aliphatic rings. The summed E-state index contributed by atoms with van der Waals surface area (Å²) in [7, 11) is 0. The van der Waals surface area contributed by atoms with E-state index in [9.17, 15) is 0 Å². The van der Waals surface area contributed by atoms with Gasteiger partial charge in [0.05, 0.1) is 13.2 Å². The van der Waals surface area contributed by atoms with Crippen molar-refractivity contribution < 1.29 is 9.47 Å². The van der Waals surface area contributed by atoms with Gasteiger partial charge in [-0.1, -0.05) is 11.6 Å². The quantitative estimate of drug-likeness (QED) is 0.697. The van der Waals surface area contributed by atoms with Gasteiger partial charge >= 0.3 is 0 Å². The molecule has 3 nitrogen and oxygen atoms in total. The first-order valence-electron chi connectivity index (χ1n) is 7.45. The molecule has 0 heterocycles. The zero-order valence-electron chi connectivity index (χ0n) is 12.6. The van der Waals surface area contributed by atoms with E-state index in [1.54, 1.807) is 0 Å². The second-order valence-electron chi connectivity index (χ2n) is 5.42. The van der Waals surface area contributed by atoms with Crippen LogP contribution in [0, 0.1) is 0 Å². The van der Waals surface area contributed by atoms with Crippen molar-refractivity contribution in [1.82, 2.24) is 5.32 Å². The van der Waals surface area contributed by atoms with Gasteiger partial charge in [-0.05, 0) is 44.4 Å². The number of rotatable bonds is 9. The maximum absolute atomic E-state index is 5.79. The van der Waals surface area contributed by atoms with Gasteiger partial charge in [0, 0.05) is 19.0 Å². The Labute approximate surface area is 122 Å². The summed E-state index contributed by atoms with van der Waals surface area (Å²) in [6.45, 7) is 10.1. The second kappa shape index (κ2) is 7.34. The SMILES string of the molecule is C=C(C)CCOc1ccc(CNC2CC2)cc1OCC. The number of hydrogen-bond acceptors (Lipinski definition) is 3. The number of ether oxygens (including phenoxy) is 2. The highest BCUT2D eigenvalue weighted by Crippen LogP contribution is 2.29. The fourth-order valence-corrected chi connectivity index (χ4v) is 1.93. The largest absolute Gasteiger partial charge is 0.490 e. The van der Waals surface area contributed by atoms with Crippen LogP contribution in [0.25, 0.3) is 0 Å². The molecule has 110 valence electrons. The lowest BCUT2D eigenvalue weighted by Gasteiger charge is -2.13. The molecule has 1 saturated carbocycles. The lowest BCUT2D eigenvalue weighted by Crippen LogP contribution is -2.15. The van der Waals surface area contributed by atoms with Crippen LogP contribution in [0.3, 0.4) is 0 Å². The smallest absolute Gasteiger partial charge is 0.161 e. The molecule has 2 rings (SSSR count). The molecule has 0 unspecified atom stereocenters. The minimum Gasteiger partial charge on any atom is -0.490 e. The van der Waals surface area contributed by atoms with Crippen LogP contribution in [0.2, 0.25) is 0 Å². The van der Waals surface area contributed by atoms with Gasteiger partial charge in [-0.2, -0.15) is 0 Å². The molecular formula is C17H25NO2. The van der Waals surface area contributed by atoms with E-state index in [0.29, 0.717) is 13.2 Å². The van der Waals surface area contributed by atoms with Crippen LogP contribution in [0.1, 0.15) is 38.7 Å². The van der Waals surface area contributed by atoms with Crippen molar-refractivity contribution in [2.24, 2.45) is 0 Å². The summed E-state index contributed by atoms with van der Waals surface area (Å²) >= 11 is 0. The predicted molar refractivity (Wildman–Crippen MR) is 82.4 cm³/mol. The van der Waals surface area contributed by atoms with Gasteiger partial charge in [0.2, 0.25) is 0 Å². The predicted octanol–water partition coefficient (Wildman–Crippen LogP) is 3.68. The van der Waals surface area contributed by atoms with Gasteiger partial charge in [0.15, 0.2) is 11.5 Å². The summed E-state index contributed by atoms with van der Waals surface area (Å²) in [5, 5.41) is 3.51. The molecule has 0 bridgehead atoms. The molecule has 0 aromatic heterocycles. The van der Waals surface area contributed by atoms with Crippen molar-refractivity contribution in [2.75, 3.05) is 13.2 Å². The normalized spacial score (nSPS) is 14.1. The average Bonchev–Trinajstić information content (AvgIpc) is 3.22. The molecular weight excluding hydrogens is 250 g/mol. The monoisotopic (exact) mass is 275 g/mol. The van der Waals surface area contributed by atoms with Crippen LogP contribution < -0.4 is 14.8 Å². The topological polar surface area (TPSA) is 30.5 Å². The minimum atomic E-state index is 0.648. The van der Waals surface area contributed by atoms with E-state index >= 15 is 0 Å². The van der Waals surface area contributed by atoms with Crippen LogP contribution in [0.15, 0.2) is 30.4 Å².